The third-order valence-electron chi connectivity index (χ3n) is 7.95. The molecule has 0 unspecified atom stereocenters. The molecular weight excluding hydrogens is 471 g/mol. The zero-order valence-corrected chi connectivity index (χ0v) is 20.7. The van der Waals surface area contributed by atoms with Crippen LogP contribution in [0, 0.1) is 17.1 Å². The molecule has 0 radical (unpaired) electrons. The van der Waals surface area contributed by atoms with Crippen LogP contribution in [0.5, 0.6) is 0 Å². The number of aliphatic hydroxyl groups is 1. The highest BCUT2D eigenvalue weighted by Gasteiger charge is 2.38. The lowest BCUT2D eigenvalue weighted by Crippen LogP contribution is -2.46. The maximum absolute atomic E-state index is 14.5. The lowest BCUT2D eigenvalue weighted by molar-refractivity contribution is 0.0716. The Bertz CT molecular complexity index is 1400. The van der Waals surface area contributed by atoms with E-state index in [1.54, 1.807) is 36.5 Å². The second-order valence-corrected chi connectivity index (χ2v) is 10.2. The Kier molecular flexibility index (Phi) is 7.09. The molecule has 5 rings (SSSR count). The van der Waals surface area contributed by atoms with Crippen molar-refractivity contribution in [2.24, 2.45) is 0 Å². The molecule has 8 heteroatoms. The van der Waals surface area contributed by atoms with Crippen LogP contribution in [0.1, 0.15) is 60.0 Å². The number of nitriles is 1. The number of nitrogens with one attached hydrogen (secondary N) is 1. The van der Waals surface area contributed by atoms with Crippen LogP contribution in [0.15, 0.2) is 59.5 Å². The second kappa shape index (κ2) is 10.4. The summed E-state index contributed by atoms with van der Waals surface area (Å²) in [6.45, 7) is 1.64. The molecule has 2 N–H and O–H groups in total. The van der Waals surface area contributed by atoms with E-state index in [-0.39, 0.29) is 17.4 Å². The number of hydrogen-bond acceptors (Lipinski definition) is 5. The summed E-state index contributed by atoms with van der Waals surface area (Å²) in [6, 6.07) is 15.6. The number of nitrogens with zero attached hydrogens (tertiary/aromatic N) is 3. The van der Waals surface area contributed by atoms with E-state index in [2.05, 4.69) is 16.3 Å². The number of benzene rings is 1. The highest BCUT2D eigenvalue weighted by molar-refractivity contribution is 5.94. The Morgan fingerprint density at radius 3 is 2.59 bits per heavy atom. The van der Waals surface area contributed by atoms with Gasteiger partial charge in [0.1, 0.15) is 11.4 Å². The van der Waals surface area contributed by atoms with Crippen molar-refractivity contribution in [3.8, 4) is 6.07 Å². The molecular formula is C29H31FN4O3. The average Bonchev–Trinajstić information content (AvgIpc) is 2.92. The summed E-state index contributed by atoms with van der Waals surface area (Å²) in [5.74, 6) is -0.832. The number of aliphatic hydroxyl groups excluding tert-OH is 1. The van der Waals surface area contributed by atoms with Crippen LogP contribution >= 0.6 is 0 Å². The van der Waals surface area contributed by atoms with Gasteiger partial charge in [0.15, 0.2) is 0 Å². The zero-order chi connectivity index (χ0) is 26.0. The van der Waals surface area contributed by atoms with Gasteiger partial charge in [0, 0.05) is 31.4 Å². The largest absolute Gasteiger partial charge is 0.391 e. The number of rotatable bonds is 5. The minimum atomic E-state index is -0.872. The van der Waals surface area contributed by atoms with Crippen molar-refractivity contribution >= 4 is 11.4 Å². The molecule has 0 bridgehead atoms. The quantitative estimate of drug-likeness (QED) is 0.556. The molecule has 2 aliphatic rings. The van der Waals surface area contributed by atoms with Gasteiger partial charge < -0.3 is 10.4 Å². The third-order valence-corrected chi connectivity index (χ3v) is 7.95. The molecule has 1 saturated carbocycles. The number of piperidine rings is 1. The number of halogens is 1. The highest BCUT2D eigenvalue weighted by atomic mass is 19.1. The summed E-state index contributed by atoms with van der Waals surface area (Å²) in [7, 11) is 0. The standard InChI is InChI=1S/C29H31FN4O3/c30-23-8-2-1-7-22(23)29(19-31)12-15-33(16-13-29)18-20-17-21(28(37)34-14-6-5-10-25(20)34)27(36)32-24-9-3-4-11-26(24)35/h1-2,5-8,10,14,17,24,26,35H,3-4,9,11-13,15-16,18H2,(H,32,36)/t24-,26-/m0/s1. The van der Waals surface area contributed by atoms with Crippen LogP contribution in [0.3, 0.4) is 0 Å². The molecule has 1 saturated heterocycles. The van der Waals surface area contributed by atoms with E-state index >= 15 is 0 Å². The third kappa shape index (κ3) is 4.89. The summed E-state index contributed by atoms with van der Waals surface area (Å²) in [4.78, 5) is 28.5. The monoisotopic (exact) mass is 502 g/mol. The molecule has 2 atom stereocenters. The number of carbonyl (C=O) groups excluding carboxylic acids is 1. The van der Waals surface area contributed by atoms with Crippen molar-refractivity contribution in [1.29, 1.82) is 5.26 Å². The van der Waals surface area contributed by atoms with Gasteiger partial charge in [0.25, 0.3) is 11.5 Å². The van der Waals surface area contributed by atoms with Gasteiger partial charge in [-0.25, -0.2) is 4.39 Å². The Morgan fingerprint density at radius 1 is 1.14 bits per heavy atom. The first-order chi connectivity index (χ1) is 17.9. The maximum atomic E-state index is 14.5. The zero-order valence-electron chi connectivity index (χ0n) is 20.7. The fourth-order valence-electron chi connectivity index (χ4n) is 5.76. The van der Waals surface area contributed by atoms with Gasteiger partial charge in [-0.05, 0) is 55.5 Å². The smallest absolute Gasteiger partial charge is 0.267 e. The first-order valence-electron chi connectivity index (χ1n) is 12.9. The van der Waals surface area contributed by atoms with Gasteiger partial charge in [-0.1, -0.05) is 37.1 Å². The van der Waals surface area contributed by atoms with Crippen molar-refractivity contribution < 1.29 is 14.3 Å². The molecule has 1 aliphatic carbocycles. The van der Waals surface area contributed by atoms with Crippen LogP contribution in [0.4, 0.5) is 4.39 Å². The van der Waals surface area contributed by atoms with Gasteiger partial charge in [-0.2, -0.15) is 5.26 Å². The number of amides is 1. The van der Waals surface area contributed by atoms with Crippen LogP contribution in [0.25, 0.3) is 5.52 Å². The van der Waals surface area contributed by atoms with Crippen molar-refractivity contribution in [1.82, 2.24) is 14.6 Å². The molecule has 2 aromatic heterocycles. The molecule has 3 aromatic rings. The van der Waals surface area contributed by atoms with Gasteiger partial charge in [-0.3, -0.25) is 18.9 Å². The normalized spacial score (nSPS) is 21.9. The van der Waals surface area contributed by atoms with Crippen LogP contribution in [-0.2, 0) is 12.0 Å². The number of likely N-dealkylation sites (tertiary alicyclic amines) is 1. The highest BCUT2D eigenvalue weighted by Crippen LogP contribution is 2.37. The maximum Gasteiger partial charge on any atom is 0.267 e. The number of hydrogen-bond donors (Lipinski definition) is 2. The van der Waals surface area contributed by atoms with Crippen molar-refractivity contribution in [3.05, 3.63) is 87.6 Å². The van der Waals surface area contributed by atoms with Gasteiger partial charge in [0.05, 0.1) is 29.1 Å². The van der Waals surface area contributed by atoms with Gasteiger partial charge >= 0.3 is 0 Å². The Balaban J connectivity index is 1.39. The van der Waals surface area contributed by atoms with Crippen LogP contribution < -0.4 is 10.9 Å². The first kappa shape index (κ1) is 25.1. The summed E-state index contributed by atoms with van der Waals surface area (Å²) >= 11 is 0. The van der Waals surface area contributed by atoms with E-state index in [0.717, 1.165) is 18.4 Å². The molecule has 7 nitrogen and oxygen atoms in total. The molecule has 0 spiro atoms. The lowest BCUT2D eigenvalue weighted by Gasteiger charge is -2.38. The number of aromatic nitrogens is 1. The minimum absolute atomic E-state index is 0.0474. The second-order valence-electron chi connectivity index (χ2n) is 10.2. The molecule has 2 fully saturated rings. The molecule has 1 aliphatic heterocycles. The summed E-state index contributed by atoms with van der Waals surface area (Å²) in [5.41, 5.74) is 0.759. The van der Waals surface area contributed by atoms with E-state index < -0.39 is 23.0 Å². The van der Waals surface area contributed by atoms with Gasteiger partial charge in [-0.15, -0.1) is 0 Å². The fraction of sp³-hybridized carbons (Fsp3) is 0.414. The summed E-state index contributed by atoms with van der Waals surface area (Å²) in [6.07, 6.45) is 5.20. The van der Waals surface area contributed by atoms with Crippen LogP contribution in [-0.4, -0.2) is 45.5 Å². The van der Waals surface area contributed by atoms with E-state index in [4.69, 9.17) is 0 Å². The number of carbonyl (C=O) groups is 1. The first-order valence-corrected chi connectivity index (χ1v) is 12.9. The predicted molar refractivity (Wildman–Crippen MR) is 138 cm³/mol. The molecule has 37 heavy (non-hydrogen) atoms. The van der Waals surface area contributed by atoms with Crippen molar-refractivity contribution in [2.75, 3.05) is 13.1 Å². The van der Waals surface area contributed by atoms with Crippen LogP contribution in [0.2, 0.25) is 0 Å². The van der Waals surface area contributed by atoms with Crippen molar-refractivity contribution in [2.45, 2.75) is 62.6 Å². The van der Waals surface area contributed by atoms with E-state index in [9.17, 15) is 24.3 Å². The number of pyridine rings is 2. The topological polar surface area (TPSA) is 97.8 Å². The Labute approximate surface area is 215 Å². The fourth-order valence-corrected chi connectivity index (χ4v) is 5.76. The average molecular weight is 503 g/mol. The Morgan fingerprint density at radius 2 is 1.86 bits per heavy atom. The van der Waals surface area contributed by atoms with Gasteiger partial charge in [0.2, 0.25) is 0 Å². The molecule has 1 amide bonds. The Hall–Kier alpha value is -3.54. The SMILES string of the molecule is N#CC1(c2ccccc2F)CCN(Cc2cc(C(=O)N[C@H]3CCCC[C@@H]3O)c(=O)n3ccccc23)CC1. The summed E-state index contributed by atoms with van der Waals surface area (Å²) < 4.78 is 16.0. The van der Waals surface area contributed by atoms with E-state index in [0.29, 0.717) is 56.4 Å². The minimum Gasteiger partial charge on any atom is -0.391 e. The van der Waals surface area contributed by atoms with E-state index in [1.165, 1.54) is 10.5 Å². The van der Waals surface area contributed by atoms with E-state index in [1.807, 2.05) is 12.1 Å². The summed E-state index contributed by atoms with van der Waals surface area (Å²) in [5, 5.41) is 23.1. The number of fused-ring (bicyclic) bond motifs is 1. The van der Waals surface area contributed by atoms with Crippen molar-refractivity contribution in [3.63, 3.8) is 0 Å². The lowest BCUT2D eigenvalue weighted by atomic mass is 9.73. The predicted octanol–water partition coefficient (Wildman–Crippen LogP) is 3.53. The molecule has 3 heterocycles. The molecule has 1 aromatic carbocycles. The molecule has 192 valence electrons.